The summed E-state index contributed by atoms with van der Waals surface area (Å²) in [5, 5.41) is 8.50. The maximum Gasteiger partial charge on any atom is 0.673 e. The van der Waals surface area contributed by atoms with Gasteiger partial charge in [0.05, 0.1) is 0 Å². The molecule has 1 rings (SSSR count). The van der Waals surface area contributed by atoms with Crippen molar-refractivity contribution in [2.24, 2.45) is 0 Å². The summed E-state index contributed by atoms with van der Waals surface area (Å²) in [5.41, 5.74) is 0. The molecule has 0 aliphatic heterocycles. The minimum atomic E-state index is -6.00. The van der Waals surface area contributed by atoms with Gasteiger partial charge in [0.1, 0.15) is 6.61 Å². The minimum absolute atomic E-state index is 0.203. The summed E-state index contributed by atoms with van der Waals surface area (Å²) in [6.07, 6.45) is 3.85. The fraction of sp³-hybridized carbons (Fsp3) is 0.286. The predicted octanol–water partition coefficient (Wildman–Crippen LogP) is 1.27. The van der Waals surface area contributed by atoms with Crippen LogP contribution in [-0.2, 0) is 6.54 Å². The van der Waals surface area contributed by atoms with Crippen molar-refractivity contribution in [3.8, 4) is 0 Å². The zero-order chi connectivity index (χ0) is 11.0. The first-order valence-electron chi connectivity index (χ1n) is 3.86. The molecule has 1 aromatic rings. The number of hydrogen-bond acceptors (Lipinski definition) is 1. The van der Waals surface area contributed by atoms with Crippen molar-refractivity contribution < 1.29 is 26.9 Å². The molecular weight excluding hydrogens is 201 g/mol. The lowest BCUT2D eigenvalue weighted by molar-refractivity contribution is -0.698. The lowest BCUT2D eigenvalue weighted by atomic mass is 10.3. The van der Waals surface area contributed by atoms with Gasteiger partial charge in [-0.1, -0.05) is 6.07 Å². The largest absolute Gasteiger partial charge is 0.673 e. The SMILES string of the molecule is F[B-](F)(F)F.OCC[n+]1ccccc1. The van der Waals surface area contributed by atoms with Crippen LogP contribution in [0.1, 0.15) is 0 Å². The fourth-order valence-corrected chi connectivity index (χ4v) is 0.699. The second kappa shape index (κ2) is 6.36. The molecule has 0 saturated heterocycles. The van der Waals surface area contributed by atoms with E-state index in [4.69, 9.17) is 5.11 Å². The monoisotopic (exact) mass is 211 g/mol. The number of pyridine rings is 1. The van der Waals surface area contributed by atoms with Crippen LogP contribution in [0, 0.1) is 0 Å². The summed E-state index contributed by atoms with van der Waals surface area (Å²) >= 11 is 0. The van der Waals surface area contributed by atoms with E-state index in [2.05, 4.69) is 0 Å². The molecule has 1 aromatic heterocycles. The quantitative estimate of drug-likeness (QED) is 0.444. The van der Waals surface area contributed by atoms with Crippen LogP contribution in [0.4, 0.5) is 17.3 Å². The molecule has 0 atom stereocenters. The summed E-state index contributed by atoms with van der Waals surface area (Å²) in [6, 6.07) is 5.83. The molecule has 0 aromatic carbocycles. The van der Waals surface area contributed by atoms with E-state index in [1.807, 2.05) is 35.2 Å². The van der Waals surface area contributed by atoms with Crippen LogP contribution in [0.15, 0.2) is 30.6 Å². The Morgan fingerprint density at radius 3 is 1.79 bits per heavy atom. The van der Waals surface area contributed by atoms with Gasteiger partial charge in [0.2, 0.25) is 0 Å². The minimum Gasteiger partial charge on any atom is -0.418 e. The fourth-order valence-electron chi connectivity index (χ4n) is 0.699. The Labute approximate surface area is 78.9 Å². The van der Waals surface area contributed by atoms with E-state index in [9.17, 15) is 17.3 Å². The summed E-state index contributed by atoms with van der Waals surface area (Å²) < 4.78 is 40.9. The van der Waals surface area contributed by atoms with Crippen LogP contribution >= 0.6 is 0 Å². The van der Waals surface area contributed by atoms with Crippen LogP contribution in [0.25, 0.3) is 0 Å². The number of aromatic nitrogens is 1. The van der Waals surface area contributed by atoms with Crippen molar-refractivity contribution in [1.29, 1.82) is 0 Å². The molecule has 0 spiro atoms. The van der Waals surface area contributed by atoms with Gasteiger partial charge in [-0.2, -0.15) is 0 Å². The van der Waals surface area contributed by atoms with Crippen molar-refractivity contribution in [3.63, 3.8) is 0 Å². The molecule has 0 amide bonds. The molecule has 1 N–H and O–H groups in total. The number of aliphatic hydroxyl groups excluding tert-OH is 1. The van der Waals surface area contributed by atoms with Gasteiger partial charge in [-0.15, -0.1) is 0 Å². The van der Waals surface area contributed by atoms with Gasteiger partial charge in [0.25, 0.3) is 0 Å². The molecule has 0 fully saturated rings. The Balaban J connectivity index is 0.000000292. The predicted molar refractivity (Wildman–Crippen MR) is 43.9 cm³/mol. The molecular formula is C7H10BF4NO. The number of halogens is 4. The second-order valence-electron chi connectivity index (χ2n) is 2.33. The van der Waals surface area contributed by atoms with Crippen LogP contribution in [0.5, 0.6) is 0 Å². The highest BCUT2D eigenvalue weighted by Gasteiger charge is 2.20. The van der Waals surface area contributed by atoms with Crippen LogP contribution in [0.3, 0.4) is 0 Å². The average molecular weight is 211 g/mol. The molecule has 1 heterocycles. The van der Waals surface area contributed by atoms with Crippen molar-refractivity contribution in [3.05, 3.63) is 30.6 Å². The Morgan fingerprint density at radius 1 is 1.00 bits per heavy atom. The van der Waals surface area contributed by atoms with Crippen LogP contribution < -0.4 is 4.57 Å². The van der Waals surface area contributed by atoms with E-state index in [-0.39, 0.29) is 6.61 Å². The summed E-state index contributed by atoms with van der Waals surface area (Å²) in [6.45, 7) is 0.884. The first-order valence-corrected chi connectivity index (χ1v) is 3.86. The Bertz CT molecular complexity index is 235. The molecule has 0 aliphatic rings. The standard InChI is InChI=1S/C7H10NO.BF4/c9-7-6-8-4-2-1-3-5-8;2-1(3,4)5/h1-5,9H,6-7H2;/q+1;-1. The third-order valence-corrected chi connectivity index (χ3v) is 1.14. The van der Waals surface area contributed by atoms with Gasteiger partial charge in [-0.05, 0) is 0 Å². The number of hydrogen-bond donors (Lipinski definition) is 1. The highest BCUT2D eigenvalue weighted by molar-refractivity contribution is 6.50. The number of nitrogens with zero attached hydrogens (tertiary/aromatic N) is 1. The second-order valence-corrected chi connectivity index (χ2v) is 2.33. The maximum absolute atomic E-state index is 9.75. The summed E-state index contributed by atoms with van der Waals surface area (Å²) in [7, 11) is -6.00. The number of rotatable bonds is 2. The highest BCUT2D eigenvalue weighted by atomic mass is 19.5. The van der Waals surface area contributed by atoms with Crippen molar-refractivity contribution in [1.82, 2.24) is 0 Å². The van der Waals surface area contributed by atoms with Crippen molar-refractivity contribution in [2.75, 3.05) is 6.61 Å². The van der Waals surface area contributed by atoms with E-state index in [1.165, 1.54) is 0 Å². The Morgan fingerprint density at radius 2 is 1.43 bits per heavy atom. The third kappa shape index (κ3) is 10.9. The molecule has 0 radical (unpaired) electrons. The molecule has 2 nitrogen and oxygen atoms in total. The van der Waals surface area contributed by atoms with Gasteiger partial charge in [0, 0.05) is 12.1 Å². The van der Waals surface area contributed by atoms with E-state index in [0.29, 0.717) is 6.54 Å². The zero-order valence-electron chi connectivity index (χ0n) is 7.28. The van der Waals surface area contributed by atoms with Gasteiger partial charge in [-0.25, -0.2) is 4.57 Å². The average Bonchev–Trinajstić information content (AvgIpc) is 2.03. The van der Waals surface area contributed by atoms with E-state index in [1.54, 1.807) is 0 Å². The molecule has 0 saturated carbocycles. The highest BCUT2D eigenvalue weighted by Crippen LogP contribution is 2.06. The molecule has 0 aliphatic carbocycles. The lowest BCUT2D eigenvalue weighted by Gasteiger charge is -1.94. The van der Waals surface area contributed by atoms with Gasteiger partial charge >= 0.3 is 7.25 Å². The summed E-state index contributed by atoms with van der Waals surface area (Å²) in [5.74, 6) is 0. The van der Waals surface area contributed by atoms with Gasteiger partial charge in [0.15, 0.2) is 18.9 Å². The van der Waals surface area contributed by atoms with Crippen LogP contribution in [0.2, 0.25) is 0 Å². The topological polar surface area (TPSA) is 24.1 Å². The zero-order valence-corrected chi connectivity index (χ0v) is 7.28. The number of aliphatic hydroxyl groups is 1. The van der Waals surface area contributed by atoms with Gasteiger partial charge in [-0.3, -0.25) is 0 Å². The Kier molecular flexibility index (Phi) is 5.86. The molecule has 7 heteroatoms. The van der Waals surface area contributed by atoms with Gasteiger partial charge < -0.3 is 22.4 Å². The van der Waals surface area contributed by atoms with E-state index >= 15 is 0 Å². The normalized spacial score (nSPS) is 10.4. The smallest absolute Gasteiger partial charge is 0.418 e. The lowest BCUT2D eigenvalue weighted by Crippen LogP contribution is -2.33. The van der Waals surface area contributed by atoms with E-state index < -0.39 is 7.25 Å². The van der Waals surface area contributed by atoms with Crippen molar-refractivity contribution in [2.45, 2.75) is 6.54 Å². The third-order valence-electron chi connectivity index (χ3n) is 1.14. The van der Waals surface area contributed by atoms with E-state index in [0.717, 1.165) is 0 Å². The molecule has 0 unspecified atom stereocenters. The molecule has 14 heavy (non-hydrogen) atoms. The maximum atomic E-state index is 9.75. The first-order chi connectivity index (χ1) is 6.43. The first kappa shape index (κ1) is 12.9. The summed E-state index contributed by atoms with van der Waals surface area (Å²) in [4.78, 5) is 0. The van der Waals surface area contributed by atoms with Crippen LogP contribution in [-0.4, -0.2) is 19.0 Å². The Hall–Kier alpha value is -1.11. The van der Waals surface area contributed by atoms with Crippen molar-refractivity contribution >= 4 is 7.25 Å². The molecule has 80 valence electrons. The molecule has 0 bridgehead atoms.